The van der Waals surface area contributed by atoms with E-state index in [-0.39, 0.29) is 24.0 Å². The summed E-state index contributed by atoms with van der Waals surface area (Å²) in [5.74, 6) is 1.81. The van der Waals surface area contributed by atoms with E-state index in [1.165, 1.54) is 62.9 Å². The first-order valence-electron chi connectivity index (χ1n) is 12.9. The van der Waals surface area contributed by atoms with E-state index in [2.05, 4.69) is 51.2 Å². The fourth-order valence-electron chi connectivity index (χ4n) is 5.31. The zero-order valence-electron chi connectivity index (χ0n) is 20.5. The molecule has 1 unspecified atom stereocenters. The molecule has 3 saturated heterocycles. The number of likely N-dealkylation sites (tertiary alicyclic amines) is 2. The molecule has 6 nitrogen and oxygen atoms in total. The molecule has 0 spiro atoms. The first-order chi connectivity index (χ1) is 15.8. The average molecular weight is 570 g/mol. The van der Waals surface area contributed by atoms with Crippen molar-refractivity contribution < 1.29 is 4.74 Å². The Balaban J connectivity index is 0.00000306. The van der Waals surface area contributed by atoms with Crippen LogP contribution >= 0.6 is 24.0 Å². The van der Waals surface area contributed by atoms with Crippen LogP contribution in [0.4, 0.5) is 0 Å². The van der Waals surface area contributed by atoms with Gasteiger partial charge in [0.15, 0.2) is 5.96 Å². The fraction of sp³-hybridized carbons (Fsp3) is 0.731. The first kappa shape index (κ1) is 26.7. The average Bonchev–Trinajstić information content (AvgIpc) is 3.12. The number of halogens is 1. The van der Waals surface area contributed by atoms with E-state index in [0.29, 0.717) is 0 Å². The number of rotatable bonds is 7. The highest BCUT2D eigenvalue weighted by Crippen LogP contribution is 2.20. The first-order valence-corrected chi connectivity index (χ1v) is 12.9. The van der Waals surface area contributed by atoms with Gasteiger partial charge < -0.3 is 15.0 Å². The number of nitrogens with zero attached hydrogens (tertiary/aromatic N) is 4. The van der Waals surface area contributed by atoms with Crippen molar-refractivity contribution in [1.29, 1.82) is 0 Å². The molecule has 0 amide bonds. The zero-order chi connectivity index (χ0) is 22.0. The van der Waals surface area contributed by atoms with Gasteiger partial charge in [0.2, 0.25) is 0 Å². The van der Waals surface area contributed by atoms with Crippen molar-refractivity contribution in [3.63, 3.8) is 0 Å². The van der Waals surface area contributed by atoms with Crippen molar-refractivity contribution in [2.45, 2.75) is 52.1 Å². The molecular formula is C26H44IN5O. The standard InChI is InChI=1S/C26H43N5O.HI/c1-2-27-26(31-14-11-23(21-31)20-30-15-17-32-18-16-30)28-19-24-9-5-6-10-25(24)22-29-12-7-3-4-8-13-29;/h5-6,9-10,23H,2-4,7-8,11-22H2,1H3,(H,27,28);1H. The summed E-state index contributed by atoms with van der Waals surface area (Å²) in [7, 11) is 0. The van der Waals surface area contributed by atoms with Gasteiger partial charge in [-0.25, -0.2) is 4.99 Å². The molecule has 3 fully saturated rings. The van der Waals surface area contributed by atoms with Crippen LogP contribution in [0.2, 0.25) is 0 Å². The highest BCUT2D eigenvalue weighted by Gasteiger charge is 2.27. The van der Waals surface area contributed by atoms with Gasteiger partial charge in [-0.3, -0.25) is 9.80 Å². The molecule has 0 aromatic heterocycles. The van der Waals surface area contributed by atoms with Gasteiger partial charge in [-0.1, -0.05) is 37.1 Å². The summed E-state index contributed by atoms with van der Waals surface area (Å²) in [5, 5.41) is 3.56. The topological polar surface area (TPSA) is 43.3 Å². The summed E-state index contributed by atoms with van der Waals surface area (Å²) >= 11 is 0. The molecule has 3 aliphatic heterocycles. The molecule has 0 saturated carbocycles. The number of benzene rings is 1. The maximum atomic E-state index is 5.51. The summed E-state index contributed by atoms with van der Waals surface area (Å²) in [6.07, 6.45) is 6.71. The molecule has 3 aliphatic rings. The maximum Gasteiger partial charge on any atom is 0.194 e. The van der Waals surface area contributed by atoms with Gasteiger partial charge >= 0.3 is 0 Å². The fourth-order valence-corrected chi connectivity index (χ4v) is 5.31. The monoisotopic (exact) mass is 569 g/mol. The predicted octanol–water partition coefficient (Wildman–Crippen LogP) is 3.80. The molecule has 4 rings (SSSR count). The van der Waals surface area contributed by atoms with E-state index in [0.717, 1.165) is 70.9 Å². The third kappa shape index (κ3) is 8.37. The maximum absolute atomic E-state index is 5.51. The van der Waals surface area contributed by atoms with Gasteiger partial charge in [0.05, 0.1) is 19.8 Å². The van der Waals surface area contributed by atoms with Crippen molar-refractivity contribution in [3.8, 4) is 0 Å². The van der Waals surface area contributed by atoms with Crippen LogP contribution < -0.4 is 5.32 Å². The van der Waals surface area contributed by atoms with E-state index in [1.807, 2.05) is 0 Å². The van der Waals surface area contributed by atoms with Crippen LogP contribution in [-0.4, -0.2) is 86.2 Å². The smallest absolute Gasteiger partial charge is 0.194 e. The lowest BCUT2D eigenvalue weighted by Gasteiger charge is -2.29. The summed E-state index contributed by atoms with van der Waals surface area (Å²) < 4.78 is 5.51. The molecule has 186 valence electrons. The lowest BCUT2D eigenvalue weighted by Crippen LogP contribution is -2.42. The highest BCUT2D eigenvalue weighted by molar-refractivity contribution is 14.0. The normalized spacial score (nSPS) is 23.2. The molecule has 3 heterocycles. The molecule has 1 N–H and O–H groups in total. The van der Waals surface area contributed by atoms with Crippen LogP contribution in [0.1, 0.15) is 50.2 Å². The van der Waals surface area contributed by atoms with E-state index in [1.54, 1.807) is 0 Å². The molecule has 1 aromatic carbocycles. The highest BCUT2D eigenvalue weighted by atomic mass is 127. The molecule has 0 radical (unpaired) electrons. The Morgan fingerprint density at radius 2 is 1.70 bits per heavy atom. The van der Waals surface area contributed by atoms with Gasteiger partial charge in [-0.2, -0.15) is 0 Å². The van der Waals surface area contributed by atoms with Gasteiger partial charge in [0.25, 0.3) is 0 Å². The number of morpholine rings is 1. The Hall–Kier alpha value is -0.900. The minimum Gasteiger partial charge on any atom is -0.379 e. The van der Waals surface area contributed by atoms with Crippen molar-refractivity contribution in [3.05, 3.63) is 35.4 Å². The third-order valence-electron chi connectivity index (χ3n) is 7.15. The van der Waals surface area contributed by atoms with Crippen molar-refractivity contribution >= 4 is 29.9 Å². The van der Waals surface area contributed by atoms with Crippen molar-refractivity contribution in [2.24, 2.45) is 10.9 Å². The van der Waals surface area contributed by atoms with E-state index < -0.39 is 0 Å². The van der Waals surface area contributed by atoms with Gasteiger partial charge in [0, 0.05) is 45.8 Å². The minimum absolute atomic E-state index is 0. The van der Waals surface area contributed by atoms with E-state index in [9.17, 15) is 0 Å². The zero-order valence-corrected chi connectivity index (χ0v) is 22.8. The molecule has 7 heteroatoms. The lowest BCUT2D eigenvalue weighted by molar-refractivity contribution is 0.0315. The largest absolute Gasteiger partial charge is 0.379 e. The minimum atomic E-state index is 0. The number of nitrogens with one attached hydrogen (secondary N) is 1. The Morgan fingerprint density at radius 3 is 2.42 bits per heavy atom. The number of hydrogen-bond donors (Lipinski definition) is 1. The summed E-state index contributed by atoms with van der Waals surface area (Å²) in [4.78, 5) is 12.8. The van der Waals surface area contributed by atoms with Gasteiger partial charge in [0.1, 0.15) is 0 Å². The van der Waals surface area contributed by atoms with Crippen LogP contribution in [0.5, 0.6) is 0 Å². The Labute approximate surface area is 218 Å². The molecule has 0 aliphatic carbocycles. The number of aliphatic imine (C=N–C) groups is 1. The number of hydrogen-bond acceptors (Lipinski definition) is 4. The number of guanidine groups is 1. The second-order valence-corrected chi connectivity index (χ2v) is 9.64. The Morgan fingerprint density at radius 1 is 0.970 bits per heavy atom. The predicted molar refractivity (Wildman–Crippen MR) is 147 cm³/mol. The van der Waals surface area contributed by atoms with E-state index in [4.69, 9.17) is 9.73 Å². The molecule has 0 bridgehead atoms. The Kier molecular flexibility index (Phi) is 11.7. The Bertz CT molecular complexity index is 716. The molecule has 1 atom stereocenters. The second kappa shape index (κ2) is 14.5. The van der Waals surface area contributed by atoms with Gasteiger partial charge in [-0.15, -0.1) is 24.0 Å². The molecule has 33 heavy (non-hydrogen) atoms. The third-order valence-corrected chi connectivity index (χ3v) is 7.15. The quantitative estimate of drug-likeness (QED) is 0.308. The van der Waals surface area contributed by atoms with Crippen molar-refractivity contribution in [1.82, 2.24) is 20.0 Å². The van der Waals surface area contributed by atoms with Crippen LogP contribution in [0, 0.1) is 5.92 Å². The molecular weight excluding hydrogens is 525 g/mol. The summed E-state index contributed by atoms with van der Waals surface area (Å²) in [5.41, 5.74) is 2.82. The van der Waals surface area contributed by atoms with Crippen LogP contribution in [0.15, 0.2) is 29.3 Å². The van der Waals surface area contributed by atoms with Gasteiger partial charge in [-0.05, 0) is 56.3 Å². The molecule has 1 aromatic rings. The number of ether oxygens (including phenoxy) is 1. The lowest BCUT2D eigenvalue weighted by atomic mass is 10.1. The summed E-state index contributed by atoms with van der Waals surface area (Å²) in [6.45, 7) is 14.7. The van der Waals surface area contributed by atoms with Crippen LogP contribution in [0.25, 0.3) is 0 Å². The SMILES string of the molecule is CCNC(=NCc1ccccc1CN1CCCCCC1)N1CCC(CN2CCOCC2)C1.I. The second-order valence-electron chi connectivity index (χ2n) is 9.64. The van der Waals surface area contributed by atoms with Crippen LogP contribution in [0.3, 0.4) is 0 Å². The van der Waals surface area contributed by atoms with Crippen LogP contribution in [-0.2, 0) is 17.8 Å². The van der Waals surface area contributed by atoms with Crippen molar-refractivity contribution in [2.75, 3.05) is 65.6 Å². The van der Waals surface area contributed by atoms with E-state index >= 15 is 0 Å². The summed E-state index contributed by atoms with van der Waals surface area (Å²) in [6, 6.07) is 8.92.